The summed E-state index contributed by atoms with van der Waals surface area (Å²) in [5.41, 5.74) is 3.20. The number of hydrogen-bond acceptors (Lipinski definition) is 1. The lowest BCUT2D eigenvalue weighted by Gasteiger charge is -2.01. The van der Waals surface area contributed by atoms with Gasteiger partial charge in [-0.25, -0.2) is 4.98 Å². The van der Waals surface area contributed by atoms with Crippen LogP contribution in [0.3, 0.4) is 0 Å². The van der Waals surface area contributed by atoms with Crippen molar-refractivity contribution in [1.82, 2.24) is 9.38 Å². The van der Waals surface area contributed by atoms with Gasteiger partial charge in [-0.05, 0) is 24.6 Å². The molecule has 0 saturated heterocycles. The van der Waals surface area contributed by atoms with E-state index in [1.54, 1.807) is 0 Å². The van der Waals surface area contributed by atoms with Crippen LogP contribution in [0, 0.1) is 6.92 Å². The molecule has 0 amide bonds. The van der Waals surface area contributed by atoms with E-state index in [2.05, 4.69) is 11.1 Å². The monoisotopic (exact) mass is 242 g/mol. The fraction of sp³-hybridized carbons (Fsp3) is 0.0714. The second-order valence-corrected chi connectivity index (χ2v) is 4.41. The molecule has 0 saturated carbocycles. The van der Waals surface area contributed by atoms with Crippen LogP contribution in [0.25, 0.3) is 16.9 Å². The minimum atomic E-state index is 0.549. The van der Waals surface area contributed by atoms with Gasteiger partial charge in [0.15, 0.2) is 5.15 Å². The maximum atomic E-state index is 6.17. The third-order valence-corrected chi connectivity index (χ3v) is 3.06. The van der Waals surface area contributed by atoms with Crippen LogP contribution in [-0.4, -0.2) is 9.38 Å². The third kappa shape index (κ3) is 1.71. The van der Waals surface area contributed by atoms with Gasteiger partial charge in [0.2, 0.25) is 0 Å². The number of aryl methyl sites for hydroxylation is 1. The van der Waals surface area contributed by atoms with Crippen LogP contribution in [0.2, 0.25) is 5.15 Å². The van der Waals surface area contributed by atoms with E-state index in [9.17, 15) is 0 Å². The Labute approximate surface area is 104 Å². The van der Waals surface area contributed by atoms with Crippen molar-refractivity contribution in [2.24, 2.45) is 0 Å². The SMILES string of the molecule is Cc1ccn2c(-c3ccccc3)nc(Cl)c2c1. The van der Waals surface area contributed by atoms with E-state index in [1.165, 1.54) is 5.56 Å². The average molecular weight is 243 g/mol. The molecule has 84 valence electrons. The van der Waals surface area contributed by atoms with Gasteiger partial charge in [0.25, 0.3) is 0 Å². The molecule has 0 aliphatic rings. The van der Waals surface area contributed by atoms with Gasteiger partial charge < -0.3 is 0 Å². The standard InChI is InChI=1S/C14H11ClN2/c1-10-7-8-17-12(9-10)13(15)16-14(17)11-5-3-2-4-6-11/h2-9H,1H3. The van der Waals surface area contributed by atoms with Crippen LogP contribution in [0.15, 0.2) is 48.7 Å². The molecule has 0 aliphatic heterocycles. The lowest BCUT2D eigenvalue weighted by Crippen LogP contribution is -1.88. The molecule has 0 N–H and O–H groups in total. The van der Waals surface area contributed by atoms with Crippen molar-refractivity contribution >= 4 is 17.1 Å². The largest absolute Gasteiger partial charge is 0.298 e. The summed E-state index contributed by atoms with van der Waals surface area (Å²) < 4.78 is 2.02. The number of nitrogens with zero attached hydrogens (tertiary/aromatic N) is 2. The fourth-order valence-corrected chi connectivity index (χ4v) is 2.17. The third-order valence-electron chi connectivity index (χ3n) is 2.79. The molecule has 0 spiro atoms. The minimum absolute atomic E-state index is 0.549. The number of rotatable bonds is 1. The van der Waals surface area contributed by atoms with Crippen molar-refractivity contribution in [2.45, 2.75) is 6.92 Å². The van der Waals surface area contributed by atoms with E-state index in [0.717, 1.165) is 16.9 Å². The summed E-state index contributed by atoms with van der Waals surface area (Å²) in [6, 6.07) is 14.1. The molecular weight excluding hydrogens is 232 g/mol. The first-order valence-corrected chi connectivity index (χ1v) is 5.83. The first-order chi connectivity index (χ1) is 8.25. The molecular formula is C14H11ClN2. The molecule has 1 aromatic carbocycles. The van der Waals surface area contributed by atoms with Crippen molar-refractivity contribution in [1.29, 1.82) is 0 Å². The van der Waals surface area contributed by atoms with Crippen molar-refractivity contribution in [3.63, 3.8) is 0 Å². The van der Waals surface area contributed by atoms with Crippen LogP contribution in [0.1, 0.15) is 5.56 Å². The van der Waals surface area contributed by atoms with Crippen LogP contribution in [0.5, 0.6) is 0 Å². The number of pyridine rings is 1. The highest BCUT2D eigenvalue weighted by atomic mass is 35.5. The van der Waals surface area contributed by atoms with Crippen molar-refractivity contribution in [3.05, 3.63) is 59.4 Å². The van der Waals surface area contributed by atoms with E-state index in [-0.39, 0.29) is 0 Å². The van der Waals surface area contributed by atoms with E-state index < -0.39 is 0 Å². The highest BCUT2D eigenvalue weighted by Gasteiger charge is 2.10. The Hall–Kier alpha value is -1.80. The Balaban J connectivity index is 2.32. The van der Waals surface area contributed by atoms with E-state index >= 15 is 0 Å². The highest BCUT2D eigenvalue weighted by molar-refractivity contribution is 6.32. The summed E-state index contributed by atoms with van der Waals surface area (Å²) in [5.74, 6) is 0.880. The number of halogens is 1. The first-order valence-electron chi connectivity index (χ1n) is 5.45. The zero-order chi connectivity index (χ0) is 11.8. The van der Waals surface area contributed by atoms with Gasteiger partial charge in [0.1, 0.15) is 5.82 Å². The smallest absolute Gasteiger partial charge is 0.155 e. The molecule has 3 heteroatoms. The number of hydrogen-bond donors (Lipinski definition) is 0. The Morgan fingerprint density at radius 3 is 2.65 bits per heavy atom. The fourth-order valence-electron chi connectivity index (χ4n) is 1.94. The second-order valence-electron chi connectivity index (χ2n) is 4.05. The first kappa shape index (κ1) is 10.4. The zero-order valence-electron chi connectivity index (χ0n) is 9.39. The highest BCUT2D eigenvalue weighted by Crippen LogP contribution is 2.25. The second kappa shape index (κ2) is 3.90. The molecule has 2 heterocycles. The molecule has 3 aromatic rings. The molecule has 3 rings (SSSR count). The molecule has 0 aliphatic carbocycles. The van der Waals surface area contributed by atoms with Crippen LogP contribution in [0.4, 0.5) is 0 Å². The van der Waals surface area contributed by atoms with Gasteiger partial charge in [-0.1, -0.05) is 41.9 Å². The molecule has 0 bridgehead atoms. The Kier molecular flexibility index (Phi) is 2.37. The van der Waals surface area contributed by atoms with Gasteiger partial charge in [-0.3, -0.25) is 4.40 Å². The van der Waals surface area contributed by atoms with E-state index in [4.69, 9.17) is 11.6 Å². The summed E-state index contributed by atoms with van der Waals surface area (Å²) in [4.78, 5) is 4.43. The normalized spacial score (nSPS) is 10.9. The maximum absolute atomic E-state index is 6.17. The molecule has 17 heavy (non-hydrogen) atoms. The lowest BCUT2D eigenvalue weighted by molar-refractivity contribution is 1.15. The summed E-state index contributed by atoms with van der Waals surface area (Å²) in [6.45, 7) is 2.05. The summed E-state index contributed by atoms with van der Waals surface area (Å²) in [6.07, 6.45) is 2.01. The minimum Gasteiger partial charge on any atom is -0.298 e. The van der Waals surface area contributed by atoms with Crippen LogP contribution in [-0.2, 0) is 0 Å². The van der Waals surface area contributed by atoms with Gasteiger partial charge >= 0.3 is 0 Å². The summed E-state index contributed by atoms with van der Waals surface area (Å²) >= 11 is 6.17. The van der Waals surface area contributed by atoms with Crippen molar-refractivity contribution < 1.29 is 0 Å². The predicted octanol–water partition coefficient (Wildman–Crippen LogP) is 3.96. The van der Waals surface area contributed by atoms with Gasteiger partial charge in [0.05, 0.1) is 5.52 Å². The number of imidazole rings is 1. The van der Waals surface area contributed by atoms with Gasteiger partial charge in [-0.2, -0.15) is 0 Å². The molecule has 0 unspecified atom stereocenters. The van der Waals surface area contributed by atoms with E-state index in [0.29, 0.717) is 5.15 Å². The summed E-state index contributed by atoms with van der Waals surface area (Å²) in [5, 5.41) is 0.549. The quantitative estimate of drug-likeness (QED) is 0.631. The molecule has 2 nitrogen and oxygen atoms in total. The topological polar surface area (TPSA) is 17.3 Å². The number of benzene rings is 1. The maximum Gasteiger partial charge on any atom is 0.155 e. The van der Waals surface area contributed by atoms with Crippen molar-refractivity contribution in [2.75, 3.05) is 0 Å². The average Bonchev–Trinajstić information content (AvgIpc) is 2.68. The van der Waals surface area contributed by atoms with Crippen LogP contribution < -0.4 is 0 Å². The van der Waals surface area contributed by atoms with Gasteiger partial charge in [-0.15, -0.1) is 0 Å². The predicted molar refractivity (Wildman–Crippen MR) is 70.4 cm³/mol. The van der Waals surface area contributed by atoms with E-state index in [1.807, 2.05) is 53.9 Å². The Morgan fingerprint density at radius 1 is 1.12 bits per heavy atom. The number of aromatic nitrogens is 2. The zero-order valence-corrected chi connectivity index (χ0v) is 10.1. The molecule has 0 atom stereocenters. The molecule has 0 fully saturated rings. The Morgan fingerprint density at radius 2 is 1.88 bits per heavy atom. The van der Waals surface area contributed by atoms with Crippen molar-refractivity contribution in [3.8, 4) is 11.4 Å². The molecule has 2 aromatic heterocycles. The Bertz CT molecular complexity index is 671. The van der Waals surface area contributed by atoms with Crippen LogP contribution >= 0.6 is 11.6 Å². The molecule has 0 radical (unpaired) electrons. The lowest BCUT2D eigenvalue weighted by atomic mass is 10.2. The summed E-state index contributed by atoms with van der Waals surface area (Å²) in [7, 11) is 0. The van der Waals surface area contributed by atoms with Gasteiger partial charge in [0, 0.05) is 11.8 Å². The number of fused-ring (bicyclic) bond motifs is 1.